The van der Waals surface area contributed by atoms with Crippen LogP contribution in [0.1, 0.15) is 18.8 Å². The Morgan fingerprint density at radius 2 is 1.94 bits per heavy atom. The molecule has 32 heavy (non-hydrogen) atoms. The highest BCUT2D eigenvalue weighted by atomic mass is 19.1. The molecule has 0 radical (unpaired) electrons. The van der Waals surface area contributed by atoms with E-state index in [1.807, 2.05) is 6.92 Å². The molecule has 4 heterocycles. The Morgan fingerprint density at radius 1 is 1.16 bits per heavy atom. The fourth-order valence-corrected chi connectivity index (χ4v) is 3.65. The van der Waals surface area contributed by atoms with Gasteiger partial charge in [-0.25, -0.2) is 19.3 Å². The number of nitrogens with zero attached hydrogens (tertiary/aromatic N) is 5. The first-order valence-electron chi connectivity index (χ1n) is 9.81. The monoisotopic (exact) mass is 434 g/mol. The number of benzene rings is 1. The van der Waals surface area contributed by atoms with E-state index in [0.29, 0.717) is 33.8 Å². The number of hydrogen-bond donors (Lipinski definition) is 3. The van der Waals surface area contributed by atoms with E-state index in [-0.39, 0.29) is 22.9 Å². The normalized spacial score (nSPS) is 12.4. The van der Waals surface area contributed by atoms with Crippen molar-refractivity contribution < 1.29 is 9.13 Å². The number of aromatic nitrogens is 7. The van der Waals surface area contributed by atoms with Crippen LogP contribution in [-0.2, 0) is 7.05 Å². The van der Waals surface area contributed by atoms with Crippen LogP contribution >= 0.6 is 0 Å². The molecule has 1 aromatic carbocycles. The topological polar surface area (TPSA) is 126 Å². The lowest BCUT2D eigenvalue weighted by Crippen LogP contribution is -2.17. The van der Waals surface area contributed by atoms with Gasteiger partial charge in [0, 0.05) is 37.8 Å². The van der Waals surface area contributed by atoms with Crippen LogP contribution in [0, 0.1) is 5.82 Å². The predicted octanol–water partition coefficient (Wildman–Crippen LogP) is 2.92. The first kappa shape index (κ1) is 19.7. The van der Waals surface area contributed by atoms with Gasteiger partial charge in [-0.05, 0) is 13.0 Å². The molecule has 0 aliphatic rings. The zero-order chi connectivity index (χ0) is 22.4. The summed E-state index contributed by atoms with van der Waals surface area (Å²) in [7, 11) is 3.21. The second-order valence-electron chi connectivity index (χ2n) is 7.33. The zero-order valence-electron chi connectivity index (χ0n) is 17.5. The summed E-state index contributed by atoms with van der Waals surface area (Å²) in [4.78, 5) is 31.9. The van der Waals surface area contributed by atoms with Crippen LogP contribution < -0.4 is 15.6 Å². The number of ether oxygens (including phenoxy) is 1. The van der Waals surface area contributed by atoms with Crippen molar-refractivity contribution in [2.24, 2.45) is 7.05 Å². The van der Waals surface area contributed by atoms with Crippen LogP contribution in [0.3, 0.4) is 0 Å². The lowest BCUT2D eigenvalue weighted by molar-refractivity contribution is 0.412. The molecule has 1 atom stereocenters. The van der Waals surface area contributed by atoms with Gasteiger partial charge in [0.15, 0.2) is 5.82 Å². The average Bonchev–Trinajstić information content (AvgIpc) is 3.37. The van der Waals surface area contributed by atoms with Crippen molar-refractivity contribution in [1.29, 1.82) is 0 Å². The minimum atomic E-state index is -0.558. The van der Waals surface area contributed by atoms with Gasteiger partial charge >= 0.3 is 0 Å². The molecule has 5 rings (SSSR count). The Hall–Kier alpha value is -4.28. The molecule has 0 aliphatic carbocycles. The van der Waals surface area contributed by atoms with Crippen LogP contribution in [0.25, 0.3) is 33.5 Å². The Morgan fingerprint density at radius 3 is 2.69 bits per heavy atom. The summed E-state index contributed by atoms with van der Waals surface area (Å²) in [5.74, 6) is 0.526. The largest absolute Gasteiger partial charge is 0.497 e. The molecule has 0 bridgehead atoms. The van der Waals surface area contributed by atoms with Crippen molar-refractivity contribution in [3.63, 3.8) is 0 Å². The van der Waals surface area contributed by atoms with E-state index in [9.17, 15) is 9.18 Å². The van der Waals surface area contributed by atoms with E-state index in [2.05, 4.69) is 35.3 Å². The molecule has 0 spiro atoms. The van der Waals surface area contributed by atoms with Crippen LogP contribution in [0.2, 0.25) is 0 Å². The van der Waals surface area contributed by atoms with Gasteiger partial charge in [0.25, 0.3) is 5.56 Å². The van der Waals surface area contributed by atoms with Gasteiger partial charge < -0.3 is 20.0 Å². The Labute approximate surface area is 180 Å². The Balaban J connectivity index is 1.73. The number of H-pyrrole nitrogens is 2. The van der Waals surface area contributed by atoms with Gasteiger partial charge in [-0.3, -0.25) is 9.48 Å². The summed E-state index contributed by atoms with van der Waals surface area (Å²) in [6, 6.07) is 4.25. The number of imidazole rings is 1. The minimum Gasteiger partial charge on any atom is -0.497 e. The van der Waals surface area contributed by atoms with E-state index in [1.54, 1.807) is 42.5 Å². The fourth-order valence-electron chi connectivity index (χ4n) is 3.65. The highest BCUT2D eigenvalue weighted by molar-refractivity contribution is 5.96. The molecule has 0 saturated carbocycles. The maximum absolute atomic E-state index is 14.6. The molecule has 3 N–H and O–H groups in total. The minimum absolute atomic E-state index is 0.103. The first-order valence-corrected chi connectivity index (χ1v) is 9.81. The molecule has 0 fully saturated rings. The Kier molecular flexibility index (Phi) is 4.58. The molecule has 4 aromatic heterocycles. The molecule has 11 heteroatoms. The number of hydrogen-bond acceptors (Lipinski definition) is 7. The molecular weight excluding hydrogens is 415 g/mol. The smallest absolute Gasteiger partial charge is 0.261 e. The number of fused-ring (bicyclic) bond motifs is 2. The van der Waals surface area contributed by atoms with Gasteiger partial charge in [0.05, 0.1) is 29.9 Å². The summed E-state index contributed by atoms with van der Waals surface area (Å²) < 4.78 is 21.3. The first-order chi connectivity index (χ1) is 15.4. The summed E-state index contributed by atoms with van der Waals surface area (Å²) in [5.41, 5.74) is 1.83. The number of nitrogens with one attached hydrogen (secondary N) is 3. The molecule has 0 aliphatic heterocycles. The van der Waals surface area contributed by atoms with Crippen molar-refractivity contribution in [3.8, 4) is 17.1 Å². The predicted molar refractivity (Wildman–Crippen MR) is 117 cm³/mol. The maximum atomic E-state index is 14.6. The second kappa shape index (κ2) is 7.45. The molecule has 162 valence electrons. The van der Waals surface area contributed by atoms with E-state index >= 15 is 0 Å². The van der Waals surface area contributed by atoms with Crippen LogP contribution in [0.5, 0.6) is 5.75 Å². The molecule has 5 aromatic rings. The van der Waals surface area contributed by atoms with Crippen molar-refractivity contribution in [3.05, 3.63) is 58.8 Å². The second-order valence-corrected chi connectivity index (χ2v) is 7.33. The maximum Gasteiger partial charge on any atom is 0.261 e. The molecule has 0 unspecified atom stereocenters. The summed E-state index contributed by atoms with van der Waals surface area (Å²) in [6.45, 7) is 1.87. The van der Waals surface area contributed by atoms with Gasteiger partial charge in [-0.1, -0.05) is 0 Å². The lowest BCUT2D eigenvalue weighted by Gasteiger charge is -2.16. The summed E-state index contributed by atoms with van der Waals surface area (Å²) in [6.07, 6.45) is 4.99. The van der Waals surface area contributed by atoms with Crippen molar-refractivity contribution >= 4 is 27.8 Å². The third-order valence-electron chi connectivity index (χ3n) is 5.11. The highest BCUT2D eigenvalue weighted by Crippen LogP contribution is 2.33. The number of rotatable bonds is 5. The Bertz CT molecular complexity index is 1510. The van der Waals surface area contributed by atoms with Crippen LogP contribution in [-0.4, -0.2) is 41.8 Å². The van der Waals surface area contributed by atoms with Crippen LogP contribution in [0.4, 0.5) is 10.1 Å². The molecular formula is C21H19FN8O2. The van der Waals surface area contributed by atoms with E-state index in [1.165, 1.54) is 13.2 Å². The number of aromatic amines is 2. The highest BCUT2D eigenvalue weighted by Gasteiger charge is 2.23. The quantitative estimate of drug-likeness (QED) is 0.388. The van der Waals surface area contributed by atoms with Crippen LogP contribution in [0.15, 0.2) is 41.6 Å². The van der Waals surface area contributed by atoms with E-state index in [4.69, 9.17) is 4.74 Å². The van der Waals surface area contributed by atoms with Gasteiger partial charge in [0.2, 0.25) is 0 Å². The zero-order valence-corrected chi connectivity index (χ0v) is 17.5. The lowest BCUT2D eigenvalue weighted by atomic mass is 10.1. The molecule has 10 nitrogen and oxygen atoms in total. The molecule has 0 amide bonds. The molecule has 0 saturated heterocycles. The third kappa shape index (κ3) is 3.23. The van der Waals surface area contributed by atoms with Gasteiger partial charge in [-0.2, -0.15) is 5.10 Å². The number of pyridine rings is 1. The number of methoxy groups -OCH3 is 1. The number of anilines is 1. The van der Waals surface area contributed by atoms with Gasteiger partial charge in [-0.15, -0.1) is 0 Å². The van der Waals surface area contributed by atoms with Crippen molar-refractivity contribution in [2.75, 3.05) is 12.4 Å². The average molecular weight is 434 g/mol. The SMILES string of the molecule is COc1cc(F)c2nc(-c3c(N[C@@H](C)c4ncccn4)c4nn(C)cc4[nH]c3=O)[nH]c2c1. The van der Waals surface area contributed by atoms with Gasteiger partial charge in [0.1, 0.15) is 34.0 Å². The third-order valence-corrected chi connectivity index (χ3v) is 5.11. The van der Waals surface area contributed by atoms with E-state index in [0.717, 1.165) is 0 Å². The summed E-state index contributed by atoms with van der Waals surface area (Å²) in [5, 5.41) is 7.80. The summed E-state index contributed by atoms with van der Waals surface area (Å²) >= 11 is 0. The van der Waals surface area contributed by atoms with Crippen molar-refractivity contribution in [2.45, 2.75) is 13.0 Å². The fraction of sp³-hybridized carbons (Fsp3) is 0.190. The van der Waals surface area contributed by atoms with E-state index < -0.39 is 11.4 Å². The van der Waals surface area contributed by atoms with Crippen molar-refractivity contribution in [1.82, 2.24) is 34.7 Å². The number of halogens is 1. The standard InChI is InChI=1S/C21H19FN8O2/c1-10(19-23-5-4-6-24-19)25-18-15(21(31)27-14-9-30(2)29-17(14)18)20-26-13-8-11(32-3)7-12(22)16(13)28-20/h4-10,25H,1-3H3,(H,26,28)(H,27,31)/t10-/m0/s1. The number of aryl methyl sites for hydroxylation is 1.